The third-order valence-corrected chi connectivity index (χ3v) is 5.26. The topological polar surface area (TPSA) is 104 Å². The van der Waals surface area contributed by atoms with Gasteiger partial charge in [-0.2, -0.15) is 5.10 Å². The normalized spacial score (nSPS) is 20.5. The summed E-state index contributed by atoms with van der Waals surface area (Å²) in [6.45, 7) is 4.70. The first-order valence-electron chi connectivity index (χ1n) is 10.1. The Morgan fingerprint density at radius 3 is 2.47 bits per heavy atom. The number of benzene rings is 1. The average molecular weight is 442 g/mol. The molecule has 166 valence electrons. The molecule has 2 atom stereocenters. The summed E-state index contributed by atoms with van der Waals surface area (Å²) in [5, 5.41) is 15.5. The summed E-state index contributed by atoms with van der Waals surface area (Å²) in [7, 11) is 0. The first-order chi connectivity index (χ1) is 14.0. The summed E-state index contributed by atoms with van der Waals surface area (Å²) in [6.07, 6.45) is 3.73. The summed E-state index contributed by atoms with van der Waals surface area (Å²) in [5.74, 6) is 1.11. The number of fused-ring (bicyclic) bond motifs is 1. The molecule has 0 N–H and O–H groups in total. The van der Waals surface area contributed by atoms with Crippen molar-refractivity contribution >= 4 is 24.0 Å². The molecule has 9 nitrogen and oxygen atoms in total. The lowest BCUT2D eigenvalue weighted by molar-refractivity contribution is -0.757. The summed E-state index contributed by atoms with van der Waals surface area (Å²) in [6, 6.07) is 5.70. The van der Waals surface area contributed by atoms with Crippen LogP contribution in [-0.2, 0) is 9.63 Å². The van der Waals surface area contributed by atoms with Gasteiger partial charge in [-0.25, -0.2) is 5.01 Å². The van der Waals surface area contributed by atoms with Crippen LogP contribution in [0.4, 0.5) is 0 Å². The highest BCUT2D eigenvalue weighted by Gasteiger charge is 2.41. The Hall–Kier alpha value is -2.55. The number of halogens is 1. The van der Waals surface area contributed by atoms with Crippen LogP contribution in [0.15, 0.2) is 23.3 Å². The minimum Gasteiger partial charge on any atom is -0.490 e. The number of carbonyl (C=O) groups is 1. The van der Waals surface area contributed by atoms with Gasteiger partial charge in [0.2, 0.25) is 5.91 Å². The highest BCUT2D eigenvalue weighted by molar-refractivity contribution is 6.07. The van der Waals surface area contributed by atoms with E-state index in [1.807, 2.05) is 32.0 Å². The zero-order chi connectivity index (χ0) is 20.8. The molecule has 1 aromatic rings. The molecule has 0 radical (unpaired) electrons. The average Bonchev–Trinajstić information content (AvgIpc) is 2.71. The number of hydrogen-bond donors (Lipinski definition) is 0. The van der Waals surface area contributed by atoms with Crippen LogP contribution >= 0.6 is 12.4 Å². The molecule has 0 aromatic heterocycles. The maximum absolute atomic E-state index is 12.9. The van der Waals surface area contributed by atoms with Gasteiger partial charge in [-0.3, -0.25) is 4.79 Å². The van der Waals surface area contributed by atoms with Crippen LogP contribution in [0.5, 0.6) is 11.5 Å². The standard InChI is InChI=1S/C20H27N3O6.ClH/c1-3-27-17-10-9-14(13-18(17)28-4-2)19-15-7-5-6-8-16(15)20(24)22(21-19)11-12-29-23(25)26;/h9-10,13,15-16H,3-8,11-12H2,1-2H3;1H. The van der Waals surface area contributed by atoms with E-state index in [0.29, 0.717) is 24.7 Å². The molecule has 0 spiro atoms. The van der Waals surface area contributed by atoms with Gasteiger partial charge in [-0.15, -0.1) is 22.5 Å². The van der Waals surface area contributed by atoms with E-state index in [9.17, 15) is 14.9 Å². The molecule has 0 saturated heterocycles. The Kier molecular flexibility index (Phi) is 8.71. The van der Waals surface area contributed by atoms with Gasteiger partial charge in [0, 0.05) is 17.4 Å². The molecule has 10 heteroatoms. The third-order valence-electron chi connectivity index (χ3n) is 5.26. The van der Waals surface area contributed by atoms with Crippen LogP contribution in [0.2, 0.25) is 0 Å². The largest absolute Gasteiger partial charge is 0.490 e. The second kappa shape index (κ2) is 11.0. The summed E-state index contributed by atoms with van der Waals surface area (Å²) in [4.78, 5) is 27.7. The highest BCUT2D eigenvalue weighted by atomic mass is 35.5. The van der Waals surface area contributed by atoms with Crippen LogP contribution < -0.4 is 9.47 Å². The lowest BCUT2D eigenvalue weighted by Gasteiger charge is -2.38. The Labute approximate surface area is 181 Å². The maximum Gasteiger partial charge on any atom is 0.294 e. The fourth-order valence-corrected chi connectivity index (χ4v) is 4.04. The van der Waals surface area contributed by atoms with E-state index in [4.69, 9.17) is 9.47 Å². The van der Waals surface area contributed by atoms with Crippen molar-refractivity contribution in [2.24, 2.45) is 16.9 Å². The van der Waals surface area contributed by atoms with Crippen molar-refractivity contribution < 1.29 is 24.2 Å². The highest BCUT2D eigenvalue weighted by Crippen LogP contribution is 2.39. The maximum atomic E-state index is 12.9. The number of amides is 1. The Morgan fingerprint density at radius 1 is 1.13 bits per heavy atom. The number of carbonyl (C=O) groups excluding carboxylic acids is 1. The second-order valence-electron chi connectivity index (χ2n) is 7.03. The molecular formula is C20H28ClN3O6. The van der Waals surface area contributed by atoms with Gasteiger partial charge in [-0.05, 0) is 44.9 Å². The van der Waals surface area contributed by atoms with Gasteiger partial charge in [0.05, 0.1) is 25.5 Å². The molecule has 1 fully saturated rings. The SMILES string of the molecule is CCOc1ccc(C2=NN(CCO[N+](=O)[O-])C(=O)C3CCCCC23)cc1OCC.Cl. The molecule has 1 aliphatic heterocycles. The van der Waals surface area contributed by atoms with Gasteiger partial charge in [0.1, 0.15) is 6.61 Å². The van der Waals surface area contributed by atoms with E-state index in [1.165, 1.54) is 5.01 Å². The number of ether oxygens (including phenoxy) is 2. The van der Waals surface area contributed by atoms with Crippen molar-refractivity contribution in [3.63, 3.8) is 0 Å². The summed E-state index contributed by atoms with van der Waals surface area (Å²) < 4.78 is 11.4. The first kappa shape index (κ1) is 23.7. The smallest absolute Gasteiger partial charge is 0.294 e. The van der Waals surface area contributed by atoms with Gasteiger partial charge >= 0.3 is 0 Å². The van der Waals surface area contributed by atoms with Gasteiger partial charge in [0.15, 0.2) is 11.5 Å². The van der Waals surface area contributed by atoms with Gasteiger partial charge in [-0.1, -0.05) is 12.8 Å². The van der Waals surface area contributed by atoms with E-state index in [1.54, 1.807) is 0 Å². The molecule has 2 unspecified atom stereocenters. The zero-order valence-electron chi connectivity index (χ0n) is 17.2. The zero-order valence-corrected chi connectivity index (χ0v) is 18.1. The number of hydrogen-bond acceptors (Lipinski definition) is 7. The Morgan fingerprint density at radius 2 is 1.80 bits per heavy atom. The predicted octanol–water partition coefficient (Wildman–Crippen LogP) is 3.47. The molecule has 1 heterocycles. The molecule has 1 aromatic carbocycles. The van der Waals surface area contributed by atoms with Crippen molar-refractivity contribution in [2.45, 2.75) is 39.5 Å². The van der Waals surface area contributed by atoms with Crippen LogP contribution in [0.1, 0.15) is 45.1 Å². The minimum atomic E-state index is -0.858. The molecule has 1 saturated carbocycles. The molecule has 1 amide bonds. The van der Waals surface area contributed by atoms with Gasteiger partial charge < -0.3 is 14.3 Å². The third kappa shape index (κ3) is 5.33. The lowest BCUT2D eigenvalue weighted by Crippen LogP contribution is -2.47. The number of hydrazone groups is 1. The van der Waals surface area contributed by atoms with Crippen molar-refractivity contribution in [3.05, 3.63) is 33.9 Å². The fourth-order valence-electron chi connectivity index (χ4n) is 4.04. The van der Waals surface area contributed by atoms with Crippen molar-refractivity contribution in [1.82, 2.24) is 5.01 Å². The molecule has 1 aliphatic carbocycles. The number of rotatable bonds is 9. The quantitative estimate of drug-likeness (QED) is 0.429. The van der Waals surface area contributed by atoms with Crippen molar-refractivity contribution in [1.29, 1.82) is 0 Å². The van der Waals surface area contributed by atoms with Crippen LogP contribution in [0.25, 0.3) is 0 Å². The Bertz CT molecular complexity index is 788. The molecular weight excluding hydrogens is 414 g/mol. The summed E-state index contributed by atoms with van der Waals surface area (Å²) >= 11 is 0. The monoisotopic (exact) mass is 441 g/mol. The molecule has 30 heavy (non-hydrogen) atoms. The van der Waals surface area contributed by atoms with Crippen LogP contribution in [-0.4, -0.2) is 48.1 Å². The fraction of sp³-hybridized carbons (Fsp3) is 0.600. The second-order valence-corrected chi connectivity index (χ2v) is 7.03. The predicted molar refractivity (Wildman–Crippen MR) is 113 cm³/mol. The minimum absolute atomic E-state index is 0. The van der Waals surface area contributed by atoms with Crippen molar-refractivity contribution in [2.75, 3.05) is 26.4 Å². The van der Waals surface area contributed by atoms with E-state index in [2.05, 4.69) is 9.94 Å². The first-order valence-corrected chi connectivity index (χ1v) is 10.1. The van der Waals surface area contributed by atoms with Crippen LogP contribution in [0, 0.1) is 22.0 Å². The van der Waals surface area contributed by atoms with E-state index in [-0.39, 0.29) is 43.3 Å². The summed E-state index contributed by atoms with van der Waals surface area (Å²) in [5.41, 5.74) is 1.70. The lowest BCUT2D eigenvalue weighted by atomic mass is 9.73. The molecule has 2 aliphatic rings. The number of nitrogens with zero attached hydrogens (tertiary/aromatic N) is 3. The Balaban J connectivity index is 0.00000320. The van der Waals surface area contributed by atoms with E-state index in [0.717, 1.165) is 37.0 Å². The van der Waals surface area contributed by atoms with Crippen LogP contribution in [0.3, 0.4) is 0 Å². The molecule has 0 bridgehead atoms. The van der Waals surface area contributed by atoms with E-state index >= 15 is 0 Å². The van der Waals surface area contributed by atoms with E-state index < -0.39 is 5.09 Å². The van der Waals surface area contributed by atoms with Gasteiger partial charge in [0.25, 0.3) is 5.09 Å². The molecule has 3 rings (SSSR count). The van der Waals surface area contributed by atoms with Crippen molar-refractivity contribution in [3.8, 4) is 11.5 Å².